The van der Waals surface area contributed by atoms with Crippen LogP contribution in [0.15, 0.2) is 77.8 Å². The zero-order chi connectivity index (χ0) is 30.5. The molecule has 0 fully saturated rings. The van der Waals surface area contributed by atoms with E-state index < -0.39 is 23.8 Å². The number of methoxy groups -OCH3 is 1. The lowest BCUT2D eigenvalue weighted by Crippen LogP contribution is -2.29. The lowest BCUT2D eigenvalue weighted by atomic mass is 10.00. The number of halogens is 3. The molecule has 12 heteroatoms. The number of hydrogen-bond acceptors (Lipinski definition) is 8. The van der Waals surface area contributed by atoms with E-state index in [0.717, 1.165) is 0 Å². The van der Waals surface area contributed by atoms with Gasteiger partial charge < -0.3 is 19.9 Å². The number of benzene rings is 2. The number of nitrogens with two attached hydrogens (primary N) is 1. The molecule has 1 unspecified atom stereocenters. The standard InChI is InChI=1S/C23H20ClFN4O4.C4H5Cl.C2H6O/c1-13(26)22(30)32-8-9-33-23(31)19-11-15-12-27-21(16-4-2-3-5-18(16)25)17-10-14(24)6-7-20(17)29(15)28-19;1-3-4(2)5;1-3-2/h2-7,10-11,13H,8-9,12,26H2,1H3;3H,1-2H2;1-2H3. The number of nitrogens with zero attached hydrogens (tertiary/aromatic N) is 3. The molecule has 0 saturated heterocycles. The third kappa shape index (κ3) is 9.65. The van der Waals surface area contributed by atoms with Gasteiger partial charge in [-0.15, -0.1) is 0 Å². The molecule has 1 aliphatic heterocycles. The average molecular weight is 605 g/mol. The second kappa shape index (κ2) is 16.4. The van der Waals surface area contributed by atoms with Crippen molar-refractivity contribution in [1.29, 1.82) is 0 Å². The number of hydrogen-bond donors (Lipinski definition) is 1. The van der Waals surface area contributed by atoms with Gasteiger partial charge in [0.15, 0.2) is 5.69 Å². The van der Waals surface area contributed by atoms with Crippen LogP contribution in [-0.4, -0.2) is 60.9 Å². The van der Waals surface area contributed by atoms with Gasteiger partial charge in [-0.05, 0) is 43.3 Å². The van der Waals surface area contributed by atoms with Crippen molar-refractivity contribution in [1.82, 2.24) is 9.78 Å². The summed E-state index contributed by atoms with van der Waals surface area (Å²) in [5, 5.41) is 5.32. The normalized spacial score (nSPS) is 11.9. The maximum atomic E-state index is 14.5. The van der Waals surface area contributed by atoms with Crippen LogP contribution in [0.25, 0.3) is 5.69 Å². The highest BCUT2D eigenvalue weighted by molar-refractivity contribution is 6.31. The third-order valence-electron chi connectivity index (χ3n) is 5.12. The Hall–Kier alpha value is -3.83. The lowest BCUT2D eigenvalue weighted by Gasteiger charge is -2.12. The molecule has 0 saturated carbocycles. The first-order valence-electron chi connectivity index (χ1n) is 12.2. The Morgan fingerprint density at radius 1 is 1.15 bits per heavy atom. The third-order valence-corrected chi connectivity index (χ3v) is 5.51. The Morgan fingerprint density at radius 2 is 1.78 bits per heavy atom. The number of fused-ring (bicyclic) bond motifs is 3. The number of carbonyl (C=O) groups excluding carboxylic acids is 2. The number of esters is 2. The first-order chi connectivity index (χ1) is 19.5. The number of ether oxygens (including phenoxy) is 3. The smallest absolute Gasteiger partial charge is 0.358 e. The molecular formula is C29H31Cl2FN4O5. The average Bonchev–Trinajstić information content (AvgIpc) is 3.30. The summed E-state index contributed by atoms with van der Waals surface area (Å²) in [6.07, 6.45) is 1.49. The molecule has 2 N–H and O–H groups in total. The molecule has 2 aromatic carbocycles. The van der Waals surface area contributed by atoms with E-state index in [1.165, 1.54) is 19.1 Å². The Balaban J connectivity index is 0.000000653. The maximum absolute atomic E-state index is 14.5. The largest absolute Gasteiger partial charge is 0.461 e. The summed E-state index contributed by atoms with van der Waals surface area (Å²) in [7, 11) is 3.25. The molecule has 1 aromatic heterocycles. The second-order valence-electron chi connectivity index (χ2n) is 8.39. The molecule has 218 valence electrons. The van der Waals surface area contributed by atoms with Crippen molar-refractivity contribution in [2.24, 2.45) is 10.7 Å². The van der Waals surface area contributed by atoms with Gasteiger partial charge in [0.2, 0.25) is 0 Å². The molecule has 1 atom stereocenters. The molecule has 3 aromatic rings. The summed E-state index contributed by atoms with van der Waals surface area (Å²) in [6.45, 7) is 8.05. The van der Waals surface area contributed by atoms with E-state index >= 15 is 0 Å². The van der Waals surface area contributed by atoms with Crippen molar-refractivity contribution in [2.45, 2.75) is 19.5 Å². The van der Waals surface area contributed by atoms with E-state index in [2.05, 4.69) is 28.0 Å². The summed E-state index contributed by atoms with van der Waals surface area (Å²) in [5.74, 6) is -1.67. The predicted molar refractivity (Wildman–Crippen MR) is 157 cm³/mol. The predicted octanol–water partition coefficient (Wildman–Crippen LogP) is 5.25. The van der Waals surface area contributed by atoms with E-state index in [0.29, 0.717) is 38.3 Å². The highest BCUT2D eigenvalue weighted by Crippen LogP contribution is 2.28. The Kier molecular flexibility index (Phi) is 13.4. The summed E-state index contributed by atoms with van der Waals surface area (Å²) >= 11 is 11.4. The zero-order valence-electron chi connectivity index (χ0n) is 22.9. The van der Waals surface area contributed by atoms with E-state index in [9.17, 15) is 14.0 Å². The van der Waals surface area contributed by atoms with Crippen molar-refractivity contribution >= 4 is 40.9 Å². The summed E-state index contributed by atoms with van der Waals surface area (Å²) < 4.78 is 30.4. The van der Waals surface area contributed by atoms with Gasteiger partial charge >= 0.3 is 11.9 Å². The molecule has 41 heavy (non-hydrogen) atoms. The molecular weight excluding hydrogens is 574 g/mol. The van der Waals surface area contributed by atoms with Crippen LogP contribution in [0.4, 0.5) is 4.39 Å². The number of rotatable bonds is 7. The molecule has 0 bridgehead atoms. The first kappa shape index (κ1) is 33.4. The van der Waals surface area contributed by atoms with Gasteiger partial charge in [-0.25, -0.2) is 13.9 Å². The molecule has 0 aliphatic carbocycles. The summed E-state index contributed by atoms with van der Waals surface area (Å²) in [6, 6.07) is 12.3. The molecule has 0 amide bonds. The molecule has 0 spiro atoms. The van der Waals surface area contributed by atoms with Crippen LogP contribution in [0, 0.1) is 5.82 Å². The van der Waals surface area contributed by atoms with Gasteiger partial charge in [0.1, 0.15) is 25.1 Å². The molecule has 4 rings (SSSR count). The Bertz CT molecular complexity index is 1420. The zero-order valence-corrected chi connectivity index (χ0v) is 24.4. The Labute approximate surface area is 248 Å². The second-order valence-corrected chi connectivity index (χ2v) is 9.31. The summed E-state index contributed by atoms with van der Waals surface area (Å²) in [4.78, 5) is 28.4. The molecule has 2 heterocycles. The van der Waals surface area contributed by atoms with Crippen LogP contribution in [0.3, 0.4) is 0 Å². The van der Waals surface area contributed by atoms with E-state index in [-0.39, 0.29) is 25.5 Å². The van der Waals surface area contributed by atoms with Gasteiger partial charge in [-0.2, -0.15) is 5.10 Å². The topological polar surface area (TPSA) is 118 Å². The minimum Gasteiger partial charge on any atom is -0.461 e. The first-order valence-corrected chi connectivity index (χ1v) is 12.9. The van der Waals surface area contributed by atoms with Crippen LogP contribution >= 0.6 is 23.2 Å². The monoisotopic (exact) mass is 604 g/mol. The minimum absolute atomic E-state index is 0.0639. The van der Waals surface area contributed by atoms with Crippen molar-refractivity contribution in [2.75, 3.05) is 27.4 Å². The van der Waals surface area contributed by atoms with Gasteiger partial charge in [0.05, 0.1) is 23.6 Å². The van der Waals surface area contributed by atoms with E-state index in [1.807, 2.05) is 0 Å². The quantitative estimate of drug-likeness (QED) is 0.222. The molecule has 1 aliphatic rings. The fourth-order valence-electron chi connectivity index (χ4n) is 3.33. The fourth-order valence-corrected chi connectivity index (χ4v) is 3.51. The van der Waals surface area contributed by atoms with Gasteiger partial charge in [-0.3, -0.25) is 9.79 Å². The highest BCUT2D eigenvalue weighted by Gasteiger charge is 2.24. The van der Waals surface area contributed by atoms with Crippen LogP contribution in [0.2, 0.25) is 5.02 Å². The van der Waals surface area contributed by atoms with Crippen LogP contribution in [0.1, 0.15) is 34.2 Å². The van der Waals surface area contributed by atoms with E-state index in [1.54, 1.807) is 61.4 Å². The minimum atomic E-state index is -0.757. The highest BCUT2D eigenvalue weighted by atomic mass is 35.5. The van der Waals surface area contributed by atoms with Crippen LogP contribution in [-0.2, 0) is 25.5 Å². The van der Waals surface area contributed by atoms with E-state index in [4.69, 9.17) is 38.4 Å². The van der Waals surface area contributed by atoms with Crippen molar-refractivity contribution in [3.63, 3.8) is 0 Å². The van der Waals surface area contributed by atoms with Gasteiger partial charge in [-0.1, -0.05) is 54.6 Å². The van der Waals surface area contributed by atoms with Crippen molar-refractivity contribution in [3.8, 4) is 5.69 Å². The number of aromatic nitrogens is 2. The number of aliphatic imine (C=N–C) groups is 1. The lowest BCUT2D eigenvalue weighted by molar-refractivity contribution is -0.145. The SMILES string of the molecule is C=CC(=C)Cl.CC(N)C(=O)OCCOC(=O)c1cc2n(n1)-c1ccc(Cl)cc1C(c1ccccc1F)=NC2.COC. The van der Waals surface area contributed by atoms with Crippen molar-refractivity contribution < 1.29 is 28.2 Å². The van der Waals surface area contributed by atoms with Gasteiger partial charge in [0.25, 0.3) is 0 Å². The molecule has 0 radical (unpaired) electrons. The number of carbonyl (C=O) groups is 2. The van der Waals surface area contributed by atoms with Crippen LogP contribution < -0.4 is 5.73 Å². The fraction of sp³-hybridized carbons (Fsp3) is 0.241. The maximum Gasteiger partial charge on any atom is 0.358 e. The van der Waals surface area contributed by atoms with Crippen molar-refractivity contribution in [3.05, 3.63) is 106 Å². The van der Waals surface area contributed by atoms with Crippen LogP contribution in [0.5, 0.6) is 0 Å². The Morgan fingerprint density at radius 3 is 2.39 bits per heavy atom. The number of allylic oxidation sites excluding steroid dienone is 2. The molecule has 9 nitrogen and oxygen atoms in total. The summed E-state index contributed by atoms with van der Waals surface area (Å²) in [5.41, 5.74) is 8.04. The van der Waals surface area contributed by atoms with Gasteiger partial charge in [0, 0.05) is 35.4 Å².